The molecule has 0 fully saturated rings. The Kier molecular flexibility index (Phi) is 3.69. The SMILES string of the molecule is O=[N+]([O-])c1cc(Cl)c(NCc2cn[nH]c2)c(Cl)c1. The summed E-state index contributed by atoms with van der Waals surface area (Å²) >= 11 is 11.9. The number of rotatable bonds is 4. The van der Waals surface area contributed by atoms with Crippen LogP contribution >= 0.6 is 23.2 Å². The molecule has 1 heterocycles. The summed E-state index contributed by atoms with van der Waals surface area (Å²) in [7, 11) is 0. The molecule has 0 saturated heterocycles. The van der Waals surface area contributed by atoms with Gasteiger partial charge in [-0.2, -0.15) is 5.10 Å². The maximum atomic E-state index is 10.6. The molecule has 0 aliphatic carbocycles. The van der Waals surface area contributed by atoms with Crippen LogP contribution in [0.1, 0.15) is 5.56 Å². The van der Waals surface area contributed by atoms with E-state index in [0.717, 1.165) is 5.56 Å². The van der Waals surface area contributed by atoms with Gasteiger partial charge in [-0.05, 0) is 0 Å². The van der Waals surface area contributed by atoms with Crippen molar-refractivity contribution < 1.29 is 4.92 Å². The van der Waals surface area contributed by atoms with Gasteiger partial charge in [0, 0.05) is 30.4 Å². The first-order valence-corrected chi connectivity index (χ1v) is 5.68. The number of nitrogens with one attached hydrogen (secondary N) is 2. The Balaban J connectivity index is 2.20. The van der Waals surface area contributed by atoms with Crippen LogP contribution < -0.4 is 5.32 Å². The summed E-state index contributed by atoms with van der Waals surface area (Å²) < 4.78 is 0. The number of aromatic nitrogens is 2. The average molecular weight is 287 g/mol. The highest BCUT2D eigenvalue weighted by molar-refractivity contribution is 6.39. The molecule has 0 spiro atoms. The quantitative estimate of drug-likeness (QED) is 0.668. The van der Waals surface area contributed by atoms with E-state index in [1.807, 2.05) is 0 Å². The highest BCUT2D eigenvalue weighted by atomic mass is 35.5. The zero-order valence-electron chi connectivity index (χ0n) is 8.98. The van der Waals surface area contributed by atoms with Crippen molar-refractivity contribution in [1.29, 1.82) is 0 Å². The van der Waals surface area contributed by atoms with E-state index in [9.17, 15) is 10.1 Å². The van der Waals surface area contributed by atoms with Gasteiger partial charge < -0.3 is 5.32 Å². The Morgan fingerprint density at radius 1 is 1.39 bits per heavy atom. The van der Waals surface area contributed by atoms with Crippen molar-refractivity contribution in [1.82, 2.24) is 10.2 Å². The summed E-state index contributed by atoms with van der Waals surface area (Å²) in [5, 5.41) is 20.5. The van der Waals surface area contributed by atoms with E-state index in [2.05, 4.69) is 15.5 Å². The van der Waals surface area contributed by atoms with Gasteiger partial charge in [0.05, 0.1) is 26.9 Å². The molecule has 8 heteroatoms. The van der Waals surface area contributed by atoms with Crippen LogP contribution in [0.15, 0.2) is 24.5 Å². The Bertz CT molecular complexity index is 548. The molecule has 0 unspecified atom stereocenters. The predicted molar refractivity (Wildman–Crippen MR) is 69.0 cm³/mol. The zero-order valence-corrected chi connectivity index (χ0v) is 10.5. The minimum Gasteiger partial charge on any atom is -0.378 e. The summed E-state index contributed by atoms with van der Waals surface area (Å²) in [6.45, 7) is 0.466. The third-order valence-electron chi connectivity index (χ3n) is 2.26. The highest BCUT2D eigenvalue weighted by Crippen LogP contribution is 2.34. The molecule has 0 saturated carbocycles. The predicted octanol–water partition coefficient (Wildman–Crippen LogP) is 3.24. The highest BCUT2D eigenvalue weighted by Gasteiger charge is 2.14. The molecule has 2 aromatic rings. The number of aromatic amines is 1. The van der Waals surface area contributed by atoms with Crippen LogP contribution in [0.3, 0.4) is 0 Å². The molecule has 0 aliphatic rings. The van der Waals surface area contributed by atoms with Crippen LogP contribution in [-0.4, -0.2) is 15.1 Å². The van der Waals surface area contributed by atoms with Gasteiger partial charge >= 0.3 is 0 Å². The lowest BCUT2D eigenvalue weighted by atomic mass is 10.2. The minimum absolute atomic E-state index is 0.140. The monoisotopic (exact) mass is 286 g/mol. The van der Waals surface area contributed by atoms with Crippen molar-refractivity contribution in [2.24, 2.45) is 0 Å². The Hall–Kier alpha value is -1.79. The largest absolute Gasteiger partial charge is 0.378 e. The van der Waals surface area contributed by atoms with Crippen LogP contribution in [0.4, 0.5) is 11.4 Å². The number of benzene rings is 1. The number of nitrogens with zero attached hydrogens (tertiary/aromatic N) is 2. The van der Waals surface area contributed by atoms with Gasteiger partial charge in [-0.3, -0.25) is 15.2 Å². The smallest absolute Gasteiger partial charge is 0.272 e. The third kappa shape index (κ3) is 2.72. The molecule has 2 N–H and O–H groups in total. The summed E-state index contributed by atoms with van der Waals surface area (Å²) in [5.41, 5.74) is 1.24. The fourth-order valence-corrected chi connectivity index (χ4v) is 2.01. The van der Waals surface area contributed by atoms with E-state index in [4.69, 9.17) is 23.2 Å². The molecule has 0 amide bonds. The van der Waals surface area contributed by atoms with Gasteiger partial charge in [0.2, 0.25) is 0 Å². The molecule has 18 heavy (non-hydrogen) atoms. The summed E-state index contributed by atoms with van der Waals surface area (Å²) in [4.78, 5) is 10.1. The lowest BCUT2D eigenvalue weighted by Gasteiger charge is -2.09. The van der Waals surface area contributed by atoms with Gasteiger partial charge in [0.1, 0.15) is 0 Å². The number of hydrogen-bond acceptors (Lipinski definition) is 4. The fourth-order valence-electron chi connectivity index (χ4n) is 1.40. The summed E-state index contributed by atoms with van der Waals surface area (Å²) in [6, 6.07) is 2.51. The molecular weight excluding hydrogens is 279 g/mol. The molecule has 94 valence electrons. The average Bonchev–Trinajstić information content (AvgIpc) is 2.80. The molecule has 1 aromatic heterocycles. The van der Waals surface area contributed by atoms with Crippen LogP contribution in [0, 0.1) is 10.1 Å². The summed E-state index contributed by atoms with van der Waals surface area (Å²) in [6.07, 6.45) is 3.38. The molecule has 2 rings (SSSR count). The van der Waals surface area contributed by atoms with Crippen molar-refractivity contribution in [3.05, 3.63) is 50.2 Å². The number of non-ortho nitro benzene ring substituents is 1. The Morgan fingerprint density at radius 2 is 2.06 bits per heavy atom. The Labute approximate surface area is 112 Å². The first-order valence-electron chi connectivity index (χ1n) is 4.93. The van der Waals surface area contributed by atoms with Gasteiger partial charge in [-0.25, -0.2) is 0 Å². The molecule has 0 aliphatic heterocycles. The van der Waals surface area contributed by atoms with Crippen molar-refractivity contribution in [2.75, 3.05) is 5.32 Å². The van der Waals surface area contributed by atoms with Crippen molar-refractivity contribution in [3.8, 4) is 0 Å². The number of halogens is 2. The van der Waals surface area contributed by atoms with E-state index in [-0.39, 0.29) is 15.7 Å². The van der Waals surface area contributed by atoms with E-state index in [1.165, 1.54) is 12.1 Å². The van der Waals surface area contributed by atoms with Crippen molar-refractivity contribution in [2.45, 2.75) is 6.54 Å². The molecule has 0 radical (unpaired) electrons. The van der Waals surface area contributed by atoms with Gasteiger partial charge in [0.25, 0.3) is 5.69 Å². The number of nitro benzene ring substituents is 1. The van der Waals surface area contributed by atoms with E-state index >= 15 is 0 Å². The number of anilines is 1. The zero-order chi connectivity index (χ0) is 13.1. The van der Waals surface area contributed by atoms with Gasteiger partial charge in [-0.15, -0.1) is 0 Å². The van der Waals surface area contributed by atoms with Crippen LogP contribution in [0.2, 0.25) is 10.0 Å². The van der Waals surface area contributed by atoms with Crippen LogP contribution in [0.5, 0.6) is 0 Å². The van der Waals surface area contributed by atoms with E-state index < -0.39 is 4.92 Å². The second-order valence-electron chi connectivity index (χ2n) is 3.50. The molecule has 0 atom stereocenters. The molecule has 1 aromatic carbocycles. The maximum Gasteiger partial charge on any atom is 0.272 e. The number of hydrogen-bond donors (Lipinski definition) is 2. The van der Waals surface area contributed by atoms with E-state index in [0.29, 0.717) is 12.2 Å². The lowest BCUT2D eigenvalue weighted by Crippen LogP contribution is -2.00. The lowest BCUT2D eigenvalue weighted by molar-refractivity contribution is -0.384. The molecule has 6 nitrogen and oxygen atoms in total. The number of nitro groups is 1. The summed E-state index contributed by atoms with van der Waals surface area (Å²) in [5.74, 6) is 0. The maximum absolute atomic E-state index is 10.6. The second-order valence-corrected chi connectivity index (χ2v) is 4.32. The van der Waals surface area contributed by atoms with E-state index in [1.54, 1.807) is 12.4 Å². The second kappa shape index (κ2) is 5.24. The molecular formula is C10H8Cl2N4O2. The standard InChI is InChI=1S/C10H8Cl2N4O2/c11-8-1-7(16(17)18)2-9(12)10(8)13-3-6-4-14-15-5-6/h1-2,4-5,13H,3H2,(H,14,15). The van der Waals surface area contributed by atoms with Gasteiger partial charge in [0.15, 0.2) is 0 Å². The van der Waals surface area contributed by atoms with Crippen LogP contribution in [-0.2, 0) is 6.54 Å². The first-order chi connectivity index (χ1) is 8.58. The van der Waals surface area contributed by atoms with Crippen LogP contribution in [0.25, 0.3) is 0 Å². The third-order valence-corrected chi connectivity index (χ3v) is 2.86. The van der Waals surface area contributed by atoms with Crippen molar-refractivity contribution in [3.63, 3.8) is 0 Å². The number of H-pyrrole nitrogens is 1. The Morgan fingerprint density at radius 3 is 2.56 bits per heavy atom. The minimum atomic E-state index is -0.544. The van der Waals surface area contributed by atoms with Crippen molar-refractivity contribution >= 4 is 34.6 Å². The topological polar surface area (TPSA) is 83.8 Å². The molecule has 0 bridgehead atoms. The van der Waals surface area contributed by atoms with Gasteiger partial charge in [-0.1, -0.05) is 23.2 Å². The normalized spacial score (nSPS) is 10.3. The first kappa shape index (κ1) is 12.7. The fraction of sp³-hybridized carbons (Fsp3) is 0.100.